The highest BCUT2D eigenvalue weighted by Gasteiger charge is 2.52. The molecule has 0 amide bonds. The number of nitrogens with zero attached hydrogens (tertiary/aromatic N) is 2. The Labute approximate surface area is 289 Å². The summed E-state index contributed by atoms with van der Waals surface area (Å²) in [5, 5.41) is 8.46. The highest BCUT2D eigenvalue weighted by molar-refractivity contribution is 6.99. The number of hydrogen-bond acceptors (Lipinski definition) is 7. The molecule has 7 rings (SSSR count). The van der Waals surface area contributed by atoms with Gasteiger partial charge in [-0.2, -0.15) is 0 Å². The number of rotatable bonds is 10. The minimum atomic E-state index is -3.17. The van der Waals surface area contributed by atoms with Crippen molar-refractivity contribution in [2.24, 2.45) is 0 Å². The van der Waals surface area contributed by atoms with Crippen LogP contribution >= 0.6 is 0 Å². The number of halogens is 2. The molecule has 10 heteroatoms. The maximum absolute atomic E-state index is 16.7. The quantitative estimate of drug-likeness (QED) is 0.195. The fraction of sp³-hybridized carbons (Fsp3) is 0.410. The van der Waals surface area contributed by atoms with E-state index in [1.807, 2.05) is 103 Å². The molecule has 3 atom stereocenters. The SMILES string of the molecule is C[C@@H]1Cc2cc3c(cc2[C@@H](c2ccc(NC4CCNC4)cn2)N1CC(F)(F)CO[Si](c1ccccc1)(c1ccccc1)C(C)(C)C)OCO3. The van der Waals surface area contributed by atoms with Crippen molar-refractivity contribution in [3.8, 4) is 11.5 Å². The van der Waals surface area contributed by atoms with Crippen LogP contribution < -0.4 is 30.5 Å². The summed E-state index contributed by atoms with van der Waals surface area (Å²) in [6.07, 6.45) is 3.46. The van der Waals surface area contributed by atoms with Crippen LogP contribution in [0.1, 0.15) is 57.0 Å². The molecule has 1 saturated heterocycles. The molecule has 0 bridgehead atoms. The van der Waals surface area contributed by atoms with Crippen LogP contribution in [0.2, 0.25) is 5.04 Å². The Morgan fingerprint density at radius 1 is 0.959 bits per heavy atom. The van der Waals surface area contributed by atoms with E-state index in [1.165, 1.54) is 0 Å². The van der Waals surface area contributed by atoms with Crippen molar-refractivity contribution in [2.75, 3.05) is 38.4 Å². The van der Waals surface area contributed by atoms with Crippen LogP contribution in [0, 0.1) is 0 Å². The van der Waals surface area contributed by atoms with Crippen LogP contribution in [0.5, 0.6) is 11.5 Å². The second kappa shape index (κ2) is 13.5. The van der Waals surface area contributed by atoms with Gasteiger partial charge in [-0.1, -0.05) is 81.4 Å². The smallest absolute Gasteiger partial charge is 0.282 e. The van der Waals surface area contributed by atoms with Crippen molar-refractivity contribution in [1.29, 1.82) is 0 Å². The van der Waals surface area contributed by atoms with Crippen molar-refractivity contribution in [1.82, 2.24) is 15.2 Å². The Hall–Kier alpha value is -3.83. The topological polar surface area (TPSA) is 67.9 Å². The summed E-state index contributed by atoms with van der Waals surface area (Å²) < 4.78 is 51.6. The molecule has 1 unspecified atom stereocenters. The molecular formula is C39H46F2N4O3Si. The first-order chi connectivity index (χ1) is 23.5. The molecule has 0 radical (unpaired) electrons. The molecule has 0 aliphatic carbocycles. The summed E-state index contributed by atoms with van der Waals surface area (Å²) in [5.74, 6) is -1.84. The number of anilines is 1. The van der Waals surface area contributed by atoms with E-state index in [2.05, 4.69) is 31.4 Å². The van der Waals surface area contributed by atoms with Gasteiger partial charge in [0.1, 0.15) is 0 Å². The maximum Gasteiger partial charge on any atom is 0.282 e. The summed E-state index contributed by atoms with van der Waals surface area (Å²) in [5.41, 5.74) is 3.61. The Kier molecular flexibility index (Phi) is 9.25. The van der Waals surface area contributed by atoms with Crippen molar-refractivity contribution in [3.05, 3.63) is 108 Å². The monoisotopic (exact) mass is 684 g/mol. The first kappa shape index (κ1) is 33.7. The van der Waals surface area contributed by atoms with Gasteiger partial charge in [0.05, 0.1) is 36.8 Å². The molecular weight excluding hydrogens is 639 g/mol. The van der Waals surface area contributed by atoms with Gasteiger partial charge in [-0.3, -0.25) is 9.88 Å². The maximum atomic E-state index is 16.7. The second-order valence-corrected chi connectivity index (χ2v) is 19.0. The summed E-state index contributed by atoms with van der Waals surface area (Å²) in [6, 6.07) is 27.5. The number of nitrogens with one attached hydrogen (secondary N) is 2. The molecule has 0 spiro atoms. The number of aromatic nitrogens is 1. The lowest BCUT2D eigenvalue weighted by Crippen LogP contribution is -2.67. The molecule has 49 heavy (non-hydrogen) atoms. The Morgan fingerprint density at radius 3 is 2.22 bits per heavy atom. The van der Waals surface area contributed by atoms with Crippen LogP contribution in [0.3, 0.4) is 0 Å². The average Bonchev–Trinajstić information content (AvgIpc) is 3.77. The summed E-state index contributed by atoms with van der Waals surface area (Å²) in [4.78, 5) is 6.78. The van der Waals surface area contributed by atoms with Gasteiger partial charge >= 0.3 is 0 Å². The van der Waals surface area contributed by atoms with Crippen molar-refractivity contribution in [2.45, 2.75) is 69.6 Å². The van der Waals surface area contributed by atoms with Gasteiger partial charge < -0.3 is 24.5 Å². The Bertz CT molecular complexity index is 1690. The number of pyridine rings is 1. The third-order valence-electron chi connectivity index (χ3n) is 10.2. The van der Waals surface area contributed by atoms with Gasteiger partial charge in [0.25, 0.3) is 14.2 Å². The molecule has 2 N–H and O–H groups in total. The average molecular weight is 685 g/mol. The molecule has 4 aromatic rings. The van der Waals surface area contributed by atoms with Gasteiger partial charge in [-0.15, -0.1) is 0 Å². The van der Waals surface area contributed by atoms with Crippen LogP contribution in [0.15, 0.2) is 91.1 Å². The van der Waals surface area contributed by atoms with E-state index >= 15 is 8.78 Å². The molecule has 258 valence electrons. The molecule has 3 aliphatic heterocycles. The van der Waals surface area contributed by atoms with E-state index in [4.69, 9.17) is 18.9 Å². The standard InChI is InChI=1S/C39H46F2N4O3Si/c1-27-19-28-20-35-36(47-26-46-35)21-33(28)37(34-16-15-29(23-43-34)44-30-17-18-42-22-30)45(27)24-39(40,41)25-48-49(38(2,3)4,31-11-7-5-8-12-31)32-13-9-6-10-14-32/h5-16,20-21,23,27,30,37,42,44H,17-19,22,24-26H2,1-4H3/t27-,30?,37+/m1/s1. The van der Waals surface area contributed by atoms with E-state index in [-0.39, 0.29) is 12.8 Å². The number of fused-ring (bicyclic) bond motifs is 2. The number of ether oxygens (including phenoxy) is 2. The molecule has 7 nitrogen and oxygen atoms in total. The Balaban J connectivity index is 1.21. The fourth-order valence-electron chi connectivity index (χ4n) is 7.83. The molecule has 4 heterocycles. The van der Waals surface area contributed by atoms with Gasteiger partial charge in [0, 0.05) is 18.6 Å². The van der Waals surface area contributed by atoms with Gasteiger partial charge in [-0.05, 0) is 77.1 Å². The molecule has 3 aromatic carbocycles. The van der Waals surface area contributed by atoms with E-state index in [0.29, 0.717) is 29.7 Å². The van der Waals surface area contributed by atoms with E-state index < -0.39 is 38.5 Å². The fourth-order valence-corrected chi connectivity index (χ4v) is 12.4. The normalized spacial score (nSPS) is 21.1. The number of benzene rings is 3. The van der Waals surface area contributed by atoms with Gasteiger partial charge in [0.2, 0.25) is 6.79 Å². The van der Waals surface area contributed by atoms with E-state index in [0.717, 1.165) is 46.7 Å². The third-order valence-corrected chi connectivity index (χ3v) is 15.2. The van der Waals surface area contributed by atoms with Crippen LogP contribution in [0.4, 0.5) is 14.5 Å². The van der Waals surface area contributed by atoms with Crippen molar-refractivity contribution >= 4 is 24.4 Å². The molecule has 1 fully saturated rings. The van der Waals surface area contributed by atoms with E-state index in [9.17, 15) is 0 Å². The molecule has 3 aliphatic rings. The lowest BCUT2D eigenvalue weighted by molar-refractivity contribution is -0.0821. The highest BCUT2D eigenvalue weighted by Crippen LogP contribution is 2.45. The summed E-state index contributed by atoms with van der Waals surface area (Å²) in [7, 11) is -3.17. The predicted molar refractivity (Wildman–Crippen MR) is 192 cm³/mol. The van der Waals surface area contributed by atoms with Gasteiger partial charge in [-0.25, -0.2) is 8.78 Å². The zero-order valence-corrected chi connectivity index (χ0v) is 29.7. The second-order valence-electron chi connectivity index (χ2n) is 14.6. The molecule has 1 aromatic heterocycles. The molecule has 0 saturated carbocycles. The van der Waals surface area contributed by atoms with Crippen LogP contribution in [0.25, 0.3) is 0 Å². The Morgan fingerprint density at radius 2 is 1.63 bits per heavy atom. The number of alkyl halides is 2. The third kappa shape index (κ3) is 6.71. The van der Waals surface area contributed by atoms with Crippen LogP contribution in [-0.4, -0.2) is 69.2 Å². The minimum absolute atomic E-state index is 0.147. The lowest BCUT2D eigenvalue weighted by atomic mass is 9.86. The summed E-state index contributed by atoms with van der Waals surface area (Å²) in [6.45, 7) is 9.19. The first-order valence-electron chi connectivity index (χ1n) is 17.3. The zero-order valence-electron chi connectivity index (χ0n) is 28.7. The highest BCUT2D eigenvalue weighted by atomic mass is 28.4. The largest absolute Gasteiger partial charge is 0.454 e. The van der Waals surface area contributed by atoms with E-state index in [1.54, 1.807) is 0 Å². The van der Waals surface area contributed by atoms with Crippen molar-refractivity contribution in [3.63, 3.8) is 0 Å². The minimum Gasteiger partial charge on any atom is -0.454 e. The van der Waals surface area contributed by atoms with Crippen molar-refractivity contribution < 1.29 is 22.7 Å². The van der Waals surface area contributed by atoms with Crippen LogP contribution in [-0.2, 0) is 10.8 Å². The lowest BCUT2D eigenvalue weighted by Gasteiger charge is -2.45. The van der Waals surface area contributed by atoms with Gasteiger partial charge in [0.15, 0.2) is 11.5 Å². The number of hydrogen-bond donors (Lipinski definition) is 2. The zero-order chi connectivity index (χ0) is 34.2. The predicted octanol–water partition coefficient (Wildman–Crippen LogP) is 6.13. The summed E-state index contributed by atoms with van der Waals surface area (Å²) >= 11 is 0. The first-order valence-corrected chi connectivity index (χ1v) is 19.2.